The molecule has 4 nitrogen and oxygen atoms in total. The lowest BCUT2D eigenvalue weighted by Gasteiger charge is -2.21. The molecular weight excluding hydrogens is 292 g/mol. The number of rotatable bonds is 6. The summed E-state index contributed by atoms with van der Waals surface area (Å²) in [4.78, 5) is 10.5. The van der Waals surface area contributed by atoms with Crippen LogP contribution >= 0.6 is 23.7 Å². The van der Waals surface area contributed by atoms with Crippen LogP contribution in [0.2, 0.25) is 0 Å². The Bertz CT molecular complexity index is 421. The van der Waals surface area contributed by atoms with Gasteiger partial charge in [0.1, 0.15) is 0 Å². The molecule has 1 saturated carbocycles. The summed E-state index contributed by atoms with van der Waals surface area (Å²) in [5.41, 5.74) is 5.68. The van der Waals surface area contributed by atoms with Crippen LogP contribution in [0.1, 0.15) is 24.1 Å². The van der Waals surface area contributed by atoms with Crippen molar-refractivity contribution in [3.8, 4) is 0 Å². The molecule has 3 rings (SSSR count). The molecule has 1 aromatic rings. The van der Waals surface area contributed by atoms with Crippen molar-refractivity contribution in [1.29, 1.82) is 0 Å². The predicted octanol–water partition coefficient (Wildman–Crippen LogP) is 2.31. The Morgan fingerprint density at radius 1 is 1.35 bits per heavy atom. The maximum atomic E-state index is 5.68. The molecule has 1 aliphatic carbocycles. The van der Waals surface area contributed by atoms with Crippen molar-refractivity contribution in [2.45, 2.75) is 25.8 Å². The summed E-state index contributed by atoms with van der Waals surface area (Å²) in [6, 6.07) is 0. The molecule has 0 bridgehead atoms. The van der Waals surface area contributed by atoms with Gasteiger partial charge in [-0.3, -0.25) is 4.90 Å². The summed E-state index contributed by atoms with van der Waals surface area (Å²) in [5.74, 6) is 1.84. The maximum absolute atomic E-state index is 5.68. The van der Waals surface area contributed by atoms with Gasteiger partial charge in [-0.25, -0.2) is 4.98 Å². The van der Waals surface area contributed by atoms with Gasteiger partial charge in [0.2, 0.25) is 0 Å². The Morgan fingerprint density at radius 3 is 2.75 bits per heavy atom. The summed E-state index contributed by atoms with van der Waals surface area (Å²) in [6.45, 7) is 6.05. The van der Waals surface area contributed by atoms with E-state index in [2.05, 4.69) is 21.8 Å². The first-order valence-corrected chi connectivity index (χ1v) is 8.12. The number of hydrogen-bond acceptors (Lipinski definition) is 5. The minimum atomic E-state index is 0. The lowest BCUT2D eigenvalue weighted by molar-refractivity contribution is 0.254. The molecule has 0 amide bonds. The van der Waals surface area contributed by atoms with E-state index in [1.165, 1.54) is 50.3 Å². The molecule has 2 N–H and O–H groups in total. The second kappa shape index (κ2) is 7.07. The van der Waals surface area contributed by atoms with Gasteiger partial charge < -0.3 is 10.6 Å². The van der Waals surface area contributed by atoms with Gasteiger partial charge in [0, 0.05) is 37.3 Å². The van der Waals surface area contributed by atoms with Crippen molar-refractivity contribution in [1.82, 2.24) is 14.8 Å². The highest BCUT2D eigenvalue weighted by atomic mass is 35.5. The van der Waals surface area contributed by atoms with Gasteiger partial charge in [0.05, 0.1) is 0 Å². The molecule has 2 heterocycles. The fourth-order valence-corrected chi connectivity index (χ4v) is 3.80. The second-order valence-electron chi connectivity index (χ2n) is 6.22. The summed E-state index contributed by atoms with van der Waals surface area (Å²) < 4.78 is 0. The first kappa shape index (κ1) is 16.0. The molecule has 1 unspecified atom stereocenters. The fraction of sp³-hybridized carbons (Fsp3) is 0.786. The van der Waals surface area contributed by atoms with Gasteiger partial charge in [0.25, 0.3) is 0 Å². The van der Waals surface area contributed by atoms with Crippen LogP contribution in [0.3, 0.4) is 0 Å². The van der Waals surface area contributed by atoms with Crippen molar-refractivity contribution in [3.05, 3.63) is 11.1 Å². The number of nitrogen functional groups attached to an aromatic ring is 1. The number of halogens is 1. The van der Waals surface area contributed by atoms with Gasteiger partial charge in [-0.15, -0.1) is 23.7 Å². The van der Waals surface area contributed by atoms with Crippen LogP contribution in [0.15, 0.2) is 6.20 Å². The number of nitrogens with zero attached hydrogens (tertiary/aromatic N) is 3. The first-order valence-electron chi connectivity index (χ1n) is 7.30. The molecule has 1 aromatic heterocycles. The normalized spacial score (nSPS) is 23.2. The Kier molecular flexibility index (Phi) is 5.66. The number of aromatic nitrogens is 1. The number of nitrogens with two attached hydrogens (primary N) is 1. The Hall–Kier alpha value is -0.360. The predicted molar refractivity (Wildman–Crippen MR) is 87.4 cm³/mol. The Balaban J connectivity index is 0.00000147. The molecule has 1 aliphatic heterocycles. The highest BCUT2D eigenvalue weighted by Crippen LogP contribution is 2.30. The van der Waals surface area contributed by atoms with E-state index in [-0.39, 0.29) is 12.4 Å². The smallest absolute Gasteiger partial charge is 0.180 e. The van der Waals surface area contributed by atoms with Crippen molar-refractivity contribution < 1.29 is 0 Å². The molecule has 2 fully saturated rings. The molecule has 114 valence electrons. The van der Waals surface area contributed by atoms with Crippen LogP contribution in [0.4, 0.5) is 5.13 Å². The third-order valence-corrected chi connectivity index (χ3v) is 4.97. The molecule has 1 saturated heterocycles. The summed E-state index contributed by atoms with van der Waals surface area (Å²) in [6.07, 6.45) is 6.16. The van der Waals surface area contributed by atoms with Crippen LogP contribution in [0.5, 0.6) is 0 Å². The average Bonchev–Trinajstić information content (AvgIpc) is 2.90. The molecule has 0 aromatic carbocycles. The Labute approximate surface area is 131 Å². The van der Waals surface area contributed by atoms with E-state index in [1.54, 1.807) is 11.3 Å². The monoisotopic (exact) mass is 316 g/mol. The fourth-order valence-electron chi connectivity index (χ4n) is 3.08. The second-order valence-corrected chi connectivity index (χ2v) is 7.37. The van der Waals surface area contributed by atoms with Gasteiger partial charge in [-0.05, 0) is 44.7 Å². The van der Waals surface area contributed by atoms with Crippen LogP contribution in [-0.2, 0) is 6.54 Å². The molecule has 0 spiro atoms. The quantitative estimate of drug-likeness (QED) is 0.875. The number of anilines is 1. The summed E-state index contributed by atoms with van der Waals surface area (Å²) >= 11 is 1.62. The number of likely N-dealkylation sites (tertiary alicyclic amines) is 1. The van der Waals surface area contributed by atoms with Crippen LogP contribution in [0.25, 0.3) is 0 Å². The number of hydrogen-bond donors (Lipinski definition) is 1. The van der Waals surface area contributed by atoms with Crippen molar-refractivity contribution in [2.24, 2.45) is 11.8 Å². The summed E-state index contributed by atoms with van der Waals surface area (Å²) in [5, 5.41) is 0.690. The average molecular weight is 317 g/mol. The topological polar surface area (TPSA) is 45.4 Å². The van der Waals surface area contributed by atoms with Crippen LogP contribution in [0, 0.1) is 11.8 Å². The van der Waals surface area contributed by atoms with E-state index in [0.29, 0.717) is 5.13 Å². The molecule has 2 aliphatic rings. The minimum Gasteiger partial charge on any atom is -0.375 e. The van der Waals surface area contributed by atoms with E-state index in [1.807, 2.05) is 6.20 Å². The molecule has 6 heteroatoms. The standard InChI is InChI=1S/C14H24N4S.ClH/c1-17(7-11-2-3-11)8-12-4-5-18(9-12)10-13-6-16-14(15)19-13;/h6,11-12H,2-5,7-10H2,1H3,(H2,15,16);1H. The molecule has 1 atom stereocenters. The third kappa shape index (κ3) is 4.58. The molecular formula is C14H25ClN4S. The van der Waals surface area contributed by atoms with Gasteiger partial charge in [0.15, 0.2) is 5.13 Å². The highest BCUT2D eigenvalue weighted by Gasteiger charge is 2.27. The van der Waals surface area contributed by atoms with Gasteiger partial charge in [-0.2, -0.15) is 0 Å². The lowest BCUT2D eigenvalue weighted by atomic mass is 10.1. The van der Waals surface area contributed by atoms with Crippen LogP contribution in [-0.4, -0.2) is 48.0 Å². The zero-order valence-electron chi connectivity index (χ0n) is 12.1. The zero-order valence-corrected chi connectivity index (χ0v) is 13.8. The van der Waals surface area contributed by atoms with Crippen molar-refractivity contribution in [2.75, 3.05) is 39.0 Å². The van der Waals surface area contributed by atoms with E-state index >= 15 is 0 Å². The highest BCUT2D eigenvalue weighted by molar-refractivity contribution is 7.15. The zero-order chi connectivity index (χ0) is 13.2. The van der Waals surface area contributed by atoms with E-state index in [4.69, 9.17) is 5.73 Å². The van der Waals surface area contributed by atoms with Gasteiger partial charge in [-0.1, -0.05) is 0 Å². The third-order valence-electron chi connectivity index (χ3n) is 4.16. The van der Waals surface area contributed by atoms with E-state index < -0.39 is 0 Å². The molecule has 20 heavy (non-hydrogen) atoms. The van der Waals surface area contributed by atoms with Crippen molar-refractivity contribution in [3.63, 3.8) is 0 Å². The number of thiazole rings is 1. The SMILES string of the molecule is CN(CC1CC1)CC1CCN(Cc2cnc(N)s2)C1.Cl. The summed E-state index contributed by atoms with van der Waals surface area (Å²) in [7, 11) is 2.28. The van der Waals surface area contributed by atoms with Gasteiger partial charge >= 0.3 is 0 Å². The lowest BCUT2D eigenvalue weighted by Crippen LogP contribution is -2.29. The largest absolute Gasteiger partial charge is 0.375 e. The minimum absolute atomic E-state index is 0. The van der Waals surface area contributed by atoms with E-state index in [9.17, 15) is 0 Å². The van der Waals surface area contributed by atoms with Crippen LogP contribution < -0.4 is 5.73 Å². The van der Waals surface area contributed by atoms with Crippen molar-refractivity contribution >= 4 is 28.9 Å². The maximum Gasteiger partial charge on any atom is 0.180 e. The van der Waals surface area contributed by atoms with E-state index in [0.717, 1.165) is 18.4 Å². The Morgan fingerprint density at radius 2 is 2.10 bits per heavy atom. The molecule has 0 radical (unpaired) electrons. The first-order chi connectivity index (χ1) is 9.19.